The van der Waals surface area contributed by atoms with Gasteiger partial charge in [-0.05, 0) is 132 Å². The second-order valence-corrected chi connectivity index (χ2v) is 22.7. The maximum atomic E-state index is 13.0. The van der Waals surface area contributed by atoms with Gasteiger partial charge in [0.15, 0.2) is 0 Å². The van der Waals surface area contributed by atoms with E-state index >= 15 is 0 Å². The molecule has 3 N–H and O–H groups in total. The van der Waals surface area contributed by atoms with Crippen molar-refractivity contribution in [3.63, 3.8) is 0 Å². The summed E-state index contributed by atoms with van der Waals surface area (Å²) in [5.41, 5.74) is 8.13. The molecule has 0 atom stereocenters. The van der Waals surface area contributed by atoms with Crippen LogP contribution in [-0.2, 0) is 18.8 Å². The van der Waals surface area contributed by atoms with Crippen LogP contribution in [0.1, 0.15) is 47.8 Å². The van der Waals surface area contributed by atoms with Crippen molar-refractivity contribution in [2.45, 2.75) is 37.8 Å². The van der Waals surface area contributed by atoms with E-state index in [4.69, 9.17) is 52.0 Å². The normalized spacial score (nSPS) is 13.5. The Kier molecular flexibility index (Phi) is 27.4. The molecule has 25 heteroatoms. The number of nitrogens with zero attached hydrogens (tertiary/aromatic N) is 8. The summed E-state index contributed by atoms with van der Waals surface area (Å²) in [6, 6.07) is 6.93. The minimum absolute atomic E-state index is 0. The molecule has 15 nitrogen and oxygen atoms in total. The van der Waals surface area contributed by atoms with Gasteiger partial charge in [-0.25, -0.2) is 24.9 Å². The van der Waals surface area contributed by atoms with Crippen LogP contribution in [0.3, 0.4) is 0 Å². The van der Waals surface area contributed by atoms with Crippen LogP contribution in [-0.4, -0.2) is 79.3 Å². The molecule has 1 aromatic carbocycles. The molecule has 5 aromatic rings. The van der Waals surface area contributed by atoms with Crippen LogP contribution in [0.4, 0.5) is 15.9 Å². The zero-order valence-corrected chi connectivity index (χ0v) is 48.7. The van der Waals surface area contributed by atoms with Crippen molar-refractivity contribution in [1.29, 1.82) is 0 Å². The summed E-state index contributed by atoms with van der Waals surface area (Å²) in [7, 11) is -5.96. The van der Waals surface area contributed by atoms with E-state index in [2.05, 4.69) is 87.7 Å². The molecule has 0 unspecified atom stereocenters. The molecule has 2 aliphatic rings. The van der Waals surface area contributed by atoms with E-state index in [-0.39, 0.29) is 123 Å². The molecule has 0 saturated heterocycles. The molecule has 2 fully saturated rings. The number of imidazole rings is 2. The summed E-state index contributed by atoms with van der Waals surface area (Å²) < 4.78 is 46.3. The van der Waals surface area contributed by atoms with Gasteiger partial charge in [-0.2, -0.15) is 4.98 Å². The zero-order valence-electron chi connectivity index (χ0n) is 37.3. The molecule has 2 saturated carbocycles. The first-order valence-electron chi connectivity index (χ1n) is 18.5. The Bertz CT molecular complexity index is 2480. The van der Waals surface area contributed by atoms with Crippen molar-refractivity contribution >= 4 is 110 Å². The van der Waals surface area contributed by atoms with Crippen molar-refractivity contribution < 1.29 is 135 Å². The number of halogens is 6. The van der Waals surface area contributed by atoms with Crippen molar-refractivity contribution in [3.05, 3.63) is 116 Å². The van der Waals surface area contributed by atoms with E-state index in [1.165, 1.54) is 38.1 Å². The number of nitrogens with two attached hydrogens (primary N) is 1. The number of carbonyl (C=O) groups is 1. The number of hydrogen-bond acceptors (Lipinski definition) is 13. The quantitative estimate of drug-likeness (QED) is 0.0278. The van der Waals surface area contributed by atoms with Crippen LogP contribution in [0.2, 0.25) is 15.7 Å². The fraction of sp³-hybridized carbons (Fsp3) is 0.289. The number of rotatable bonds is 11. The van der Waals surface area contributed by atoms with Crippen LogP contribution in [0.5, 0.6) is 0 Å². The van der Waals surface area contributed by atoms with Gasteiger partial charge < -0.3 is 40.9 Å². The van der Waals surface area contributed by atoms with E-state index in [0.29, 0.717) is 37.3 Å². The Morgan fingerprint density at radius 3 is 2.03 bits per heavy atom. The molecular formula is C38H46Br2Cl3FK2N10O5P2. The number of benzene rings is 1. The SMILES string of the molecule is C=C/C(=C\C(=C\N)P(C)(C)=O)c1nccn1C1CC1.CP(C)(=O)c1cc(-c2nccn2C2CC2)ccc1Nc1nc(Cl)ncc1Br.Clc1ncc(Br)c(Cl)n1.O=CO[O-].[2H]CF.[H-].[HH].[K+].[K+]. The predicted molar refractivity (Wildman–Crippen MR) is 251 cm³/mol. The minimum atomic E-state index is -2.56. The maximum absolute atomic E-state index is 13.0. The van der Waals surface area contributed by atoms with Gasteiger partial charge >= 0.3 is 103 Å². The van der Waals surface area contributed by atoms with Gasteiger partial charge in [0.1, 0.15) is 36.9 Å². The molecule has 4 aromatic heterocycles. The first-order chi connectivity index (χ1) is 29.3. The summed E-state index contributed by atoms with van der Waals surface area (Å²) in [4.78, 5) is 35.6. The summed E-state index contributed by atoms with van der Waals surface area (Å²) in [6.45, 7) is 10.6. The average molecular weight is 1150 g/mol. The molecule has 0 spiro atoms. The first-order valence-corrected chi connectivity index (χ1v) is 25.7. The summed E-state index contributed by atoms with van der Waals surface area (Å²) in [5, 5.41) is 13.7. The third-order valence-corrected chi connectivity index (χ3v) is 13.4. The van der Waals surface area contributed by atoms with Gasteiger partial charge in [0.05, 0.1) is 23.2 Å². The third kappa shape index (κ3) is 19.6. The number of nitrogens with one attached hydrogen (secondary N) is 1. The minimum Gasteiger partial charge on any atom is -1.00 e. The Balaban J connectivity index is 0. The first kappa shape index (κ1) is 58.7. The number of carbonyl (C=O) groups excluding carboxylic acids is 1. The third-order valence-electron chi connectivity index (χ3n) is 8.31. The summed E-state index contributed by atoms with van der Waals surface area (Å²) in [6.07, 6.45) is 20.4. The standard InChI is InChI=1S/C18H18BrClN5OP.C14H20N3OP.C4HBrCl2N2.CH3F.CH2O3.2K.H2.H/c1-27(2,26)15-9-11(17-21-7-8-25(17)12-4-5-12)3-6-14(15)23-16-13(19)10-22-18(20)24-16;1-4-11(9-13(10-15)19(2,3)18)14-16-7-8-17(14)12-5-6-12;5-2-1-8-4(7)9-3(2)6;1-2;2-1-4-3;;;;/h3,6-10,12H,4-5H2,1-2H3,(H,22,23,24);4,7-10,12H,1,5-6,15H2,2-3H3;1H;1H3;1,3H;;;1H;/q;;;;;2*+1;;-1/p-1/b;11-9+,13-10-;;;;;;;/i;;;1D;;;;;. The van der Waals surface area contributed by atoms with Gasteiger partial charge in [-0.1, -0.05) is 24.3 Å². The van der Waals surface area contributed by atoms with E-state index < -0.39 is 21.4 Å². The topological polar surface area (TPSA) is 209 Å². The van der Waals surface area contributed by atoms with Crippen molar-refractivity contribution in [2.24, 2.45) is 5.73 Å². The van der Waals surface area contributed by atoms with Crippen molar-refractivity contribution in [1.82, 2.24) is 39.0 Å². The number of allylic oxidation sites excluding steroid dienone is 4. The van der Waals surface area contributed by atoms with Crippen LogP contribution in [0.15, 0.2) is 94.6 Å². The second-order valence-electron chi connectivity index (χ2n) is 13.5. The zero-order chi connectivity index (χ0) is 46.2. The van der Waals surface area contributed by atoms with Crippen LogP contribution in [0, 0.1) is 0 Å². The molecule has 0 aliphatic heterocycles. The average Bonchev–Trinajstić information content (AvgIpc) is 4.16. The Morgan fingerprint density at radius 2 is 1.54 bits per heavy atom. The molecule has 0 bridgehead atoms. The maximum Gasteiger partial charge on any atom is 1.00 e. The number of aromatic nitrogens is 8. The molecule has 63 heavy (non-hydrogen) atoms. The summed E-state index contributed by atoms with van der Waals surface area (Å²) in [5.74, 6) is 2.30. The Morgan fingerprint density at radius 1 is 1.00 bits per heavy atom. The Hall–Kier alpha value is -0.457. The van der Waals surface area contributed by atoms with Gasteiger partial charge in [-0.15, -0.1) is 0 Å². The molecular weight excluding hydrogens is 1100 g/mol. The molecule has 0 radical (unpaired) electrons. The molecule has 332 valence electrons. The van der Waals surface area contributed by atoms with Crippen LogP contribution < -0.4 is 124 Å². The second kappa shape index (κ2) is 29.4. The smallest absolute Gasteiger partial charge is 1.00 e. The van der Waals surface area contributed by atoms with Gasteiger partial charge in [0, 0.05) is 78.6 Å². The number of anilines is 2. The van der Waals surface area contributed by atoms with E-state index in [1.54, 1.807) is 45.1 Å². The predicted octanol–water partition coefficient (Wildman–Crippen LogP) is 4.23. The molecule has 2 aliphatic carbocycles. The Labute approximate surface area is 487 Å². The summed E-state index contributed by atoms with van der Waals surface area (Å²) >= 11 is 23.4. The van der Waals surface area contributed by atoms with Gasteiger partial charge in [-0.3, -0.25) is 9.18 Å². The molecule has 7 rings (SSSR count). The fourth-order valence-corrected chi connectivity index (χ4v) is 8.12. The van der Waals surface area contributed by atoms with Gasteiger partial charge in [0.2, 0.25) is 10.6 Å². The molecule has 4 heterocycles. The fourth-order valence-electron chi connectivity index (χ4n) is 5.23. The van der Waals surface area contributed by atoms with Crippen LogP contribution >= 0.6 is 80.9 Å². The number of alkyl halides is 1. The van der Waals surface area contributed by atoms with Crippen molar-refractivity contribution in [2.75, 3.05) is 39.1 Å². The molecule has 0 amide bonds. The van der Waals surface area contributed by atoms with Gasteiger partial charge in [0.25, 0.3) is 6.47 Å². The van der Waals surface area contributed by atoms with E-state index in [0.717, 1.165) is 33.8 Å². The van der Waals surface area contributed by atoms with E-state index in [9.17, 15) is 13.5 Å². The van der Waals surface area contributed by atoms with Crippen molar-refractivity contribution in [3.8, 4) is 11.4 Å². The monoisotopic (exact) mass is 1140 g/mol. The van der Waals surface area contributed by atoms with Crippen LogP contribution in [0.25, 0.3) is 17.0 Å². The largest absolute Gasteiger partial charge is 1.00 e. The van der Waals surface area contributed by atoms with E-state index in [1.807, 2.05) is 42.9 Å². The number of hydrogen-bond donors (Lipinski definition) is 2.